The molecule has 78 valence electrons. The molecule has 0 fully saturated rings. The van der Waals surface area contributed by atoms with E-state index in [0.717, 1.165) is 0 Å². The molecule has 1 N–H and O–H groups in total. The first-order valence-corrected chi connectivity index (χ1v) is 4.47. The number of pyridine rings is 1. The lowest BCUT2D eigenvalue weighted by Crippen LogP contribution is -2.11. The number of aromatic nitrogens is 5. The molecule has 0 aliphatic rings. The fourth-order valence-corrected chi connectivity index (χ4v) is 1.36. The zero-order chi connectivity index (χ0) is 11.0. The smallest absolute Gasteiger partial charge is 0.276 e. The van der Waals surface area contributed by atoms with E-state index in [-0.39, 0.29) is 22.5 Å². The maximum atomic E-state index is 11.7. The van der Waals surface area contributed by atoms with Crippen LogP contribution in [0, 0.1) is 0 Å². The highest BCUT2D eigenvalue weighted by Crippen LogP contribution is 2.11. The van der Waals surface area contributed by atoms with Gasteiger partial charge in [-0.15, -0.1) is 0 Å². The summed E-state index contributed by atoms with van der Waals surface area (Å²) in [5.74, 6) is 0. The number of aromatic amines is 1. The molecule has 7 heteroatoms. The summed E-state index contributed by atoms with van der Waals surface area (Å²) in [6.07, 6.45) is 3.17. The van der Waals surface area contributed by atoms with E-state index in [1.807, 2.05) is 0 Å². The molecule has 3 rings (SSSR count). The summed E-state index contributed by atoms with van der Waals surface area (Å²) < 4.78 is 4.46. The molecule has 0 atom stereocenters. The van der Waals surface area contributed by atoms with Crippen LogP contribution in [-0.4, -0.2) is 25.3 Å². The van der Waals surface area contributed by atoms with E-state index >= 15 is 0 Å². The second kappa shape index (κ2) is 3.23. The highest BCUT2D eigenvalue weighted by Gasteiger charge is 2.10. The minimum atomic E-state index is -0.351. The van der Waals surface area contributed by atoms with Gasteiger partial charge in [-0.3, -0.25) is 14.8 Å². The second-order valence-electron chi connectivity index (χ2n) is 3.09. The summed E-state index contributed by atoms with van der Waals surface area (Å²) in [5.41, 5.74) is 1.01. The Bertz CT molecular complexity index is 688. The van der Waals surface area contributed by atoms with Crippen LogP contribution >= 0.6 is 0 Å². The summed E-state index contributed by atoms with van der Waals surface area (Å²) in [5, 5.41) is 7.05. The Morgan fingerprint density at radius 2 is 2.25 bits per heavy atom. The Kier molecular flexibility index (Phi) is 1.76. The van der Waals surface area contributed by atoms with Gasteiger partial charge in [0.05, 0.1) is 0 Å². The van der Waals surface area contributed by atoms with Crippen LogP contribution in [0.4, 0.5) is 0 Å². The zero-order valence-electron chi connectivity index (χ0n) is 7.91. The highest BCUT2D eigenvalue weighted by atomic mass is 16.6. The molecule has 0 aliphatic carbocycles. The largest absolute Gasteiger partial charge is 0.299 e. The number of rotatable bonds is 1. The average Bonchev–Trinajstić information content (AvgIpc) is 2.76. The van der Waals surface area contributed by atoms with Gasteiger partial charge in [0, 0.05) is 18.0 Å². The zero-order valence-corrected chi connectivity index (χ0v) is 7.91. The van der Waals surface area contributed by atoms with Crippen molar-refractivity contribution in [1.29, 1.82) is 0 Å². The van der Waals surface area contributed by atoms with Gasteiger partial charge in [-0.25, -0.2) is 9.61 Å². The topological polar surface area (TPSA) is 97.6 Å². The van der Waals surface area contributed by atoms with Crippen molar-refractivity contribution in [3.05, 3.63) is 34.9 Å². The van der Waals surface area contributed by atoms with Gasteiger partial charge in [0.25, 0.3) is 5.56 Å². The monoisotopic (exact) mass is 215 g/mol. The molecule has 16 heavy (non-hydrogen) atoms. The van der Waals surface area contributed by atoms with Gasteiger partial charge in [-0.05, 0) is 22.4 Å². The van der Waals surface area contributed by atoms with Crippen molar-refractivity contribution < 1.29 is 4.63 Å². The van der Waals surface area contributed by atoms with Crippen molar-refractivity contribution >= 4 is 11.3 Å². The fraction of sp³-hybridized carbons (Fsp3) is 0. The maximum Gasteiger partial charge on any atom is 0.276 e. The van der Waals surface area contributed by atoms with Gasteiger partial charge in [-0.2, -0.15) is 0 Å². The van der Waals surface area contributed by atoms with Crippen LogP contribution in [-0.2, 0) is 0 Å². The van der Waals surface area contributed by atoms with Crippen LogP contribution in [0.15, 0.2) is 33.9 Å². The van der Waals surface area contributed by atoms with E-state index in [1.54, 1.807) is 24.5 Å². The van der Waals surface area contributed by atoms with Gasteiger partial charge < -0.3 is 0 Å². The number of nitrogens with one attached hydrogen (secondary N) is 1. The molecule has 0 aliphatic heterocycles. The van der Waals surface area contributed by atoms with E-state index in [4.69, 9.17) is 0 Å². The van der Waals surface area contributed by atoms with Crippen molar-refractivity contribution in [2.24, 2.45) is 0 Å². The predicted octanol–water partition coefficient (Wildman–Crippen LogP) is 0.368. The average molecular weight is 215 g/mol. The highest BCUT2D eigenvalue weighted by molar-refractivity contribution is 5.68. The molecule has 3 heterocycles. The number of hydrogen-bond acceptors (Lipinski definition) is 6. The quantitative estimate of drug-likeness (QED) is 0.629. The van der Waals surface area contributed by atoms with E-state index in [0.29, 0.717) is 5.56 Å². The van der Waals surface area contributed by atoms with Crippen molar-refractivity contribution in [1.82, 2.24) is 25.3 Å². The van der Waals surface area contributed by atoms with Crippen LogP contribution in [0.25, 0.3) is 22.6 Å². The van der Waals surface area contributed by atoms with Gasteiger partial charge in [0.1, 0.15) is 5.69 Å². The molecule has 3 aromatic heterocycles. The van der Waals surface area contributed by atoms with Gasteiger partial charge in [-0.1, -0.05) is 0 Å². The van der Waals surface area contributed by atoms with E-state index in [2.05, 4.69) is 29.9 Å². The third-order valence-electron chi connectivity index (χ3n) is 2.07. The predicted molar refractivity (Wildman–Crippen MR) is 53.5 cm³/mol. The van der Waals surface area contributed by atoms with Crippen molar-refractivity contribution in [3.8, 4) is 11.3 Å². The van der Waals surface area contributed by atoms with Crippen LogP contribution in [0.1, 0.15) is 0 Å². The minimum Gasteiger partial charge on any atom is -0.299 e. The molecule has 7 nitrogen and oxygen atoms in total. The fourth-order valence-electron chi connectivity index (χ4n) is 1.36. The Hall–Kier alpha value is -2.57. The van der Waals surface area contributed by atoms with Crippen molar-refractivity contribution in [2.75, 3.05) is 0 Å². The van der Waals surface area contributed by atoms with Gasteiger partial charge >= 0.3 is 0 Å². The lowest BCUT2D eigenvalue weighted by Gasteiger charge is -1.96. The summed E-state index contributed by atoms with van der Waals surface area (Å²) >= 11 is 0. The molecule has 0 amide bonds. The van der Waals surface area contributed by atoms with Crippen LogP contribution < -0.4 is 5.56 Å². The molecule has 0 spiro atoms. The molecule has 0 saturated carbocycles. The number of hydrogen-bond donors (Lipinski definition) is 1. The molecular weight excluding hydrogens is 210 g/mol. The lowest BCUT2D eigenvalue weighted by atomic mass is 10.2. The Morgan fingerprint density at radius 1 is 1.31 bits per heavy atom. The number of H-pyrrole nitrogens is 1. The molecule has 0 radical (unpaired) electrons. The minimum absolute atomic E-state index is 0.234. The van der Waals surface area contributed by atoms with Crippen molar-refractivity contribution in [3.63, 3.8) is 0 Å². The normalized spacial score (nSPS) is 10.8. The molecule has 0 aromatic carbocycles. The Balaban J connectivity index is 2.31. The first-order valence-electron chi connectivity index (χ1n) is 4.47. The first-order chi connectivity index (χ1) is 7.84. The van der Waals surface area contributed by atoms with Crippen LogP contribution in [0.5, 0.6) is 0 Å². The maximum absolute atomic E-state index is 11.7. The van der Waals surface area contributed by atoms with Gasteiger partial charge in [0.15, 0.2) is 0 Å². The van der Waals surface area contributed by atoms with E-state index in [1.165, 1.54) is 0 Å². The van der Waals surface area contributed by atoms with Crippen molar-refractivity contribution in [2.45, 2.75) is 0 Å². The second-order valence-corrected chi connectivity index (χ2v) is 3.09. The van der Waals surface area contributed by atoms with E-state index < -0.39 is 0 Å². The Morgan fingerprint density at radius 3 is 3.06 bits per heavy atom. The van der Waals surface area contributed by atoms with Crippen LogP contribution in [0.2, 0.25) is 0 Å². The molecule has 0 bridgehead atoms. The first kappa shape index (κ1) is 8.72. The number of nitrogens with zero attached hydrogens (tertiary/aromatic N) is 4. The third-order valence-corrected chi connectivity index (χ3v) is 2.07. The Labute approximate surface area is 88.1 Å². The van der Waals surface area contributed by atoms with E-state index in [9.17, 15) is 4.79 Å². The molecule has 3 aromatic rings. The molecule has 0 unspecified atom stereocenters. The van der Waals surface area contributed by atoms with Crippen LogP contribution in [0.3, 0.4) is 0 Å². The standard InChI is InChI=1S/C9H5N5O2/c15-9-6(5-2-1-3-10-4-5)11-7-8(12-9)14-16-13-7/h1-4H,(H,12,14,15). The number of fused-ring (bicyclic) bond motifs is 1. The SMILES string of the molecule is O=c1[nH]c2nonc2nc1-c1cccnc1. The third kappa shape index (κ3) is 1.26. The molecule has 0 saturated heterocycles. The summed E-state index contributed by atoms with van der Waals surface area (Å²) in [7, 11) is 0. The summed E-state index contributed by atoms with van der Waals surface area (Å²) in [6.45, 7) is 0. The lowest BCUT2D eigenvalue weighted by molar-refractivity contribution is 0.314. The summed E-state index contributed by atoms with van der Waals surface area (Å²) in [4.78, 5) is 22.2. The summed E-state index contributed by atoms with van der Waals surface area (Å²) in [6, 6.07) is 3.46. The molecular formula is C9H5N5O2. The van der Waals surface area contributed by atoms with Gasteiger partial charge in [0.2, 0.25) is 11.3 Å².